The highest BCUT2D eigenvalue weighted by atomic mass is 16.7. The maximum Gasteiger partial charge on any atom is 0.249 e. The topological polar surface area (TPSA) is 297 Å². The summed E-state index contributed by atoms with van der Waals surface area (Å²) in [6.07, 6.45) is -8.98. The van der Waals surface area contributed by atoms with Crippen molar-refractivity contribution in [2.24, 2.45) is 28.7 Å². The van der Waals surface area contributed by atoms with E-state index in [1.807, 2.05) is 0 Å². The lowest BCUT2D eigenvalue weighted by Gasteiger charge is -2.53. The van der Waals surface area contributed by atoms with Crippen molar-refractivity contribution in [3.8, 4) is 0 Å². The first kappa shape index (κ1) is 33.2. The van der Waals surface area contributed by atoms with Gasteiger partial charge in [-0.2, -0.15) is 0 Å². The van der Waals surface area contributed by atoms with Crippen LogP contribution in [0.4, 0.5) is 0 Å². The van der Waals surface area contributed by atoms with E-state index in [1.54, 1.807) is 0 Å². The fourth-order valence-corrected chi connectivity index (χ4v) is 5.41. The van der Waals surface area contributed by atoms with Gasteiger partial charge in [-0.25, -0.2) is 0 Å². The van der Waals surface area contributed by atoms with Crippen LogP contribution in [0.5, 0.6) is 0 Å². The van der Waals surface area contributed by atoms with Crippen LogP contribution in [0.15, 0.2) is 12.7 Å². The van der Waals surface area contributed by atoms with Gasteiger partial charge in [0, 0.05) is 12.6 Å². The second kappa shape index (κ2) is 14.2. The predicted molar refractivity (Wildman–Crippen MR) is 140 cm³/mol. The third-order valence-electron chi connectivity index (χ3n) is 7.85. The molecule has 1 saturated carbocycles. The molecule has 0 aromatic heterocycles. The average molecular weight is 579 g/mol. The number of amides is 1. The monoisotopic (exact) mass is 578 g/mol. The van der Waals surface area contributed by atoms with Crippen LogP contribution >= 0.6 is 0 Å². The standard InChI is InChI=1S/C24H46N6O10/c1-2-24(36)19(39-22-11(27)4-3-10(8-26)37-22)12(28)7-13(30-21(35)14(32)5-6-25)20(24)40-23-18(34)16(29)17(33)15(9-31)38-23/h2,10-20,22-23,31-34,36H,1,3-9,25-29H2,(H,30,35)/t10?,11?,12-,13+,14-,15?,16?,17+,18?,19?,20-,22+,23+,24?/m0/s1. The van der Waals surface area contributed by atoms with E-state index in [0.717, 1.165) is 6.08 Å². The van der Waals surface area contributed by atoms with Crippen LogP contribution in [0.1, 0.15) is 25.7 Å². The molecule has 0 aromatic carbocycles. The molecule has 1 aliphatic carbocycles. The van der Waals surface area contributed by atoms with E-state index in [9.17, 15) is 30.3 Å². The van der Waals surface area contributed by atoms with Gasteiger partial charge in [-0.3, -0.25) is 4.79 Å². The Morgan fingerprint density at radius 1 is 1.07 bits per heavy atom. The normalized spacial score (nSPS) is 45.0. The van der Waals surface area contributed by atoms with E-state index in [0.29, 0.717) is 12.8 Å². The molecule has 3 rings (SSSR count). The van der Waals surface area contributed by atoms with E-state index in [-0.39, 0.29) is 32.0 Å². The molecule has 14 atom stereocenters. The van der Waals surface area contributed by atoms with Crippen LogP contribution < -0.4 is 34.0 Å². The van der Waals surface area contributed by atoms with E-state index in [4.69, 9.17) is 47.6 Å². The van der Waals surface area contributed by atoms with Gasteiger partial charge in [-0.05, 0) is 32.2 Å². The highest BCUT2D eigenvalue weighted by Crippen LogP contribution is 2.38. The van der Waals surface area contributed by atoms with E-state index < -0.39 is 91.5 Å². The number of hydrogen-bond acceptors (Lipinski definition) is 15. The zero-order valence-corrected chi connectivity index (χ0v) is 22.4. The van der Waals surface area contributed by atoms with Crippen LogP contribution in [0, 0.1) is 0 Å². The molecule has 0 spiro atoms. The minimum absolute atomic E-state index is 0.0256. The van der Waals surface area contributed by atoms with Gasteiger partial charge in [0.05, 0.1) is 30.8 Å². The van der Waals surface area contributed by atoms with Crippen LogP contribution in [0.2, 0.25) is 0 Å². The highest BCUT2D eigenvalue weighted by molar-refractivity contribution is 5.80. The first-order valence-corrected chi connectivity index (χ1v) is 13.5. The van der Waals surface area contributed by atoms with Crippen molar-refractivity contribution in [1.82, 2.24) is 5.32 Å². The molecule has 232 valence electrons. The Balaban J connectivity index is 1.94. The first-order chi connectivity index (χ1) is 18.9. The molecule has 7 unspecified atom stereocenters. The summed E-state index contributed by atoms with van der Waals surface area (Å²) in [5, 5.41) is 55.4. The number of ether oxygens (including phenoxy) is 4. The molecule has 3 fully saturated rings. The summed E-state index contributed by atoms with van der Waals surface area (Å²) in [6, 6.07) is -3.82. The van der Waals surface area contributed by atoms with E-state index >= 15 is 0 Å². The maximum atomic E-state index is 12.7. The van der Waals surface area contributed by atoms with Gasteiger partial charge in [-0.1, -0.05) is 6.08 Å². The Morgan fingerprint density at radius 3 is 2.35 bits per heavy atom. The number of carbonyl (C=O) groups is 1. The van der Waals surface area contributed by atoms with Gasteiger partial charge < -0.3 is 78.5 Å². The Kier molecular flexibility index (Phi) is 11.8. The lowest BCUT2D eigenvalue weighted by atomic mass is 9.73. The van der Waals surface area contributed by atoms with E-state index in [2.05, 4.69) is 11.9 Å². The molecule has 3 aliphatic rings. The molecule has 1 amide bonds. The summed E-state index contributed by atoms with van der Waals surface area (Å²) in [4.78, 5) is 12.7. The SMILES string of the molecule is C=CC1(O)C(O[C@H]2OC(CN)CCC2N)[C@@H](N)C[C@@H](NC(=O)[C@@H](O)CCN)[C@@H]1O[C@H]1OC(CO)[C@@H](O)C(N)C1O. The largest absolute Gasteiger partial charge is 0.394 e. The van der Waals surface area contributed by atoms with Crippen LogP contribution in [-0.2, 0) is 23.7 Å². The fourth-order valence-electron chi connectivity index (χ4n) is 5.41. The van der Waals surface area contributed by atoms with Gasteiger partial charge in [0.1, 0.15) is 42.2 Å². The lowest BCUT2D eigenvalue weighted by molar-refractivity contribution is -0.325. The van der Waals surface area contributed by atoms with E-state index in [1.165, 1.54) is 0 Å². The first-order valence-electron chi connectivity index (χ1n) is 13.5. The Hall–Kier alpha value is -1.35. The Labute approximate surface area is 232 Å². The second-order valence-corrected chi connectivity index (χ2v) is 10.7. The molecule has 2 saturated heterocycles. The number of carbonyl (C=O) groups excluding carboxylic acids is 1. The third-order valence-corrected chi connectivity index (χ3v) is 7.85. The van der Waals surface area contributed by atoms with Crippen molar-refractivity contribution < 1.29 is 49.3 Å². The minimum atomic E-state index is -2.15. The number of nitrogens with two attached hydrogens (primary N) is 5. The van der Waals surface area contributed by atoms with Crippen LogP contribution in [0.3, 0.4) is 0 Å². The molecule has 0 radical (unpaired) electrons. The van der Waals surface area contributed by atoms with Gasteiger partial charge in [0.15, 0.2) is 12.6 Å². The van der Waals surface area contributed by atoms with Crippen molar-refractivity contribution in [2.45, 2.75) is 111 Å². The molecule has 40 heavy (non-hydrogen) atoms. The Bertz CT molecular complexity index is 844. The number of aliphatic hydroxyl groups is 5. The maximum absolute atomic E-state index is 12.7. The zero-order chi connectivity index (χ0) is 29.8. The molecule has 16 N–H and O–H groups in total. The van der Waals surface area contributed by atoms with Gasteiger partial charge in [0.2, 0.25) is 5.91 Å². The average Bonchev–Trinajstić information content (AvgIpc) is 2.93. The van der Waals surface area contributed by atoms with Crippen molar-refractivity contribution >= 4 is 5.91 Å². The van der Waals surface area contributed by atoms with Crippen molar-refractivity contribution in [3.63, 3.8) is 0 Å². The molecule has 0 aromatic rings. The summed E-state index contributed by atoms with van der Waals surface area (Å²) in [5.41, 5.74) is 27.7. The van der Waals surface area contributed by atoms with Crippen LogP contribution in [-0.4, -0.2) is 136 Å². The summed E-state index contributed by atoms with van der Waals surface area (Å²) in [7, 11) is 0. The highest BCUT2D eigenvalue weighted by Gasteiger charge is 2.58. The summed E-state index contributed by atoms with van der Waals surface area (Å²) >= 11 is 0. The molecule has 16 heteroatoms. The molecule has 16 nitrogen and oxygen atoms in total. The number of rotatable bonds is 11. The predicted octanol–water partition coefficient (Wildman–Crippen LogP) is -5.84. The molecule has 2 aliphatic heterocycles. The molecular weight excluding hydrogens is 532 g/mol. The van der Waals surface area contributed by atoms with Gasteiger partial charge >= 0.3 is 0 Å². The van der Waals surface area contributed by atoms with Crippen molar-refractivity contribution in [3.05, 3.63) is 12.7 Å². The zero-order valence-electron chi connectivity index (χ0n) is 22.4. The quantitative estimate of drug-likeness (QED) is 0.102. The third kappa shape index (κ3) is 6.99. The molecule has 0 bridgehead atoms. The van der Waals surface area contributed by atoms with Crippen molar-refractivity contribution in [2.75, 3.05) is 19.7 Å². The smallest absolute Gasteiger partial charge is 0.249 e. The summed E-state index contributed by atoms with van der Waals surface area (Å²) in [6.45, 7) is 3.37. The minimum Gasteiger partial charge on any atom is -0.394 e. The lowest BCUT2D eigenvalue weighted by Crippen LogP contribution is -2.73. The van der Waals surface area contributed by atoms with Gasteiger partial charge in [-0.15, -0.1) is 6.58 Å². The second-order valence-electron chi connectivity index (χ2n) is 10.7. The summed E-state index contributed by atoms with van der Waals surface area (Å²) in [5.74, 6) is -0.795. The van der Waals surface area contributed by atoms with Crippen LogP contribution in [0.25, 0.3) is 0 Å². The Morgan fingerprint density at radius 2 is 1.75 bits per heavy atom. The summed E-state index contributed by atoms with van der Waals surface area (Å²) < 4.78 is 23.6. The number of nitrogens with one attached hydrogen (secondary N) is 1. The van der Waals surface area contributed by atoms with Crippen molar-refractivity contribution in [1.29, 1.82) is 0 Å². The molecule has 2 heterocycles. The molecular formula is C24H46N6O10. The fraction of sp³-hybridized carbons (Fsp3) is 0.875. The van der Waals surface area contributed by atoms with Gasteiger partial charge in [0.25, 0.3) is 0 Å². The number of hydrogen-bond donors (Lipinski definition) is 11. The number of aliphatic hydroxyl groups excluding tert-OH is 4.